The van der Waals surface area contributed by atoms with Gasteiger partial charge in [0.2, 0.25) is 0 Å². The summed E-state index contributed by atoms with van der Waals surface area (Å²) >= 11 is 0. The third-order valence-electron chi connectivity index (χ3n) is 4.53. The average Bonchev–Trinajstić information content (AvgIpc) is 2.76. The van der Waals surface area contributed by atoms with E-state index in [0.717, 1.165) is 18.0 Å². The van der Waals surface area contributed by atoms with Crippen molar-refractivity contribution in [2.24, 2.45) is 5.92 Å². The van der Waals surface area contributed by atoms with E-state index >= 15 is 0 Å². The topological polar surface area (TPSA) is 18.5 Å². The SMILES string of the molecule is CCC1CNCC1N(C)C1CCCN(C)C1. The molecule has 2 heterocycles. The van der Waals surface area contributed by atoms with Crippen molar-refractivity contribution >= 4 is 0 Å². The van der Waals surface area contributed by atoms with E-state index in [1.54, 1.807) is 0 Å². The first kappa shape index (κ1) is 12.3. The van der Waals surface area contributed by atoms with Crippen LogP contribution in [0.2, 0.25) is 0 Å². The van der Waals surface area contributed by atoms with Gasteiger partial charge in [0, 0.05) is 25.2 Å². The van der Waals surface area contributed by atoms with Gasteiger partial charge in [-0.2, -0.15) is 0 Å². The average molecular weight is 225 g/mol. The minimum absolute atomic E-state index is 0.765. The number of hydrogen-bond acceptors (Lipinski definition) is 3. The Morgan fingerprint density at radius 2 is 2.19 bits per heavy atom. The van der Waals surface area contributed by atoms with Gasteiger partial charge >= 0.3 is 0 Å². The van der Waals surface area contributed by atoms with Gasteiger partial charge in [0.1, 0.15) is 0 Å². The first-order valence-corrected chi connectivity index (χ1v) is 6.83. The van der Waals surface area contributed by atoms with Gasteiger partial charge in [-0.15, -0.1) is 0 Å². The summed E-state index contributed by atoms with van der Waals surface area (Å²) in [5.74, 6) is 0.859. The van der Waals surface area contributed by atoms with Crippen LogP contribution in [0.5, 0.6) is 0 Å². The summed E-state index contributed by atoms with van der Waals surface area (Å²) in [6.45, 7) is 7.27. The predicted octanol–water partition coefficient (Wildman–Crippen LogP) is 1.01. The maximum atomic E-state index is 3.55. The summed E-state index contributed by atoms with van der Waals surface area (Å²) in [4.78, 5) is 5.14. The van der Waals surface area contributed by atoms with Crippen molar-refractivity contribution in [3.8, 4) is 0 Å². The quantitative estimate of drug-likeness (QED) is 0.773. The molecule has 0 aromatic carbocycles. The monoisotopic (exact) mass is 225 g/mol. The van der Waals surface area contributed by atoms with E-state index < -0.39 is 0 Å². The van der Waals surface area contributed by atoms with Crippen molar-refractivity contribution in [2.45, 2.75) is 38.3 Å². The number of piperidine rings is 1. The van der Waals surface area contributed by atoms with Gasteiger partial charge < -0.3 is 10.2 Å². The van der Waals surface area contributed by atoms with Gasteiger partial charge in [-0.3, -0.25) is 4.90 Å². The second kappa shape index (κ2) is 5.48. The van der Waals surface area contributed by atoms with E-state index in [0.29, 0.717) is 0 Å². The van der Waals surface area contributed by atoms with E-state index in [9.17, 15) is 0 Å². The first-order chi connectivity index (χ1) is 7.72. The molecule has 2 aliphatic heterocycles. The van der Waals surface area contributed by atoms with Crippen LogP contribution >= 0.6 is 0 Å². The van der Waals surface area contributed by atoms with Crippen LogP contribution in [0.3, 0.4) is 0 Å². The molecule has 0 spiro atoms. The fraction of sp³-hybridized carbons (Fsp3) is 1.00. The predicted molar refractivity (Wildman–Crippen MR) is 68.7 cm³/mol. The van der Waals surface area contributed by atoms with Gasteiger partial charge in [-0.05, 0) is 45.9 Å². The van der Waals surface area contributed by atoms with Gasteiger partial charge in [0.25, 0.3) is 0 Å². The minimum atomic E-state index is 0.765. The first-order valence-electron chi connectivity index (χ1n) is 6.83. The third kappa shape index (κ3) is 2.58. The van der Waals surface area contributed by atoms with E-state index in [1.807, 2.05) is 0 Å². The molecule has 2 rings (SSSR count). The Balaban J connectivity index is 1.92. The maximum Gasteiger partial charge on any atom is 0.0261 e. The number of likely N-dealkylation sites (N-methyl/N-ethyl adjacent to an activating group) is 2. The van der Waals surface area contributed by atoms with E-state index in [2.05, 4.69) is 36.1 Å². The maximum absolute atomic E-state index is 3.55. The van der Waals surface area contributed by atoms with Crippen molar-refractivity contribution < 1.29 is 0 Å². The molecule has 0 bridgehead atoms. The van der Waals surface area contributed by atoms with Crippen LogP contribution in [-0.2, 0) is 0 Å². The molecular formula is C13H27N3. The zero-order chi connectivity index (χ0) is 11.5. The van der Waals surface area contributed by atoms with Crippen LogP contribution in [0.4, 0.5) is 0 Å². The Kier molecular flexibility index (Phi) is 4.22. The normalized spacial score (nSPS) is 37.1. The van der Waals surface area contributed by atoms with Crippen LogP contribution in [0.15, 0.2) is 0 Å². The zero-order valence-electron chi connectivity index (χ0n) is 11.1. The molecule has 16 heavy (non-hydrogen) atoms. The standard InChI is InChI=1S/C13H27N3/c1-4-11-8-14-9-13(11)16(3)12-6-5-7-15(2)10-12/h11-14H,4-10H2,1-3H3. The van der Waals surface area contributed by atoms with Gasteiger partial charge in [-0.25, -0.2) is 0 Å². The Labute approximate surface area is 100 Å². The highest BCUT2D eigenvalue weighted by molar-refractivity contribution is 4.91. The largest absolute Gasteiger partial charge is 0.315 e. The minimum Gasteiger partial charge on any atom is -0.315 e. The zero-order valence-corrected chi connectivity index (χ0v) is 11.1. The Hall–Kier alpha value is -0.120. The molecule has 3 atom stereocenters. The Morgan fingerprint density at radius 3 is 2.88 bits per heavy atom. The number of likely N-dealkylation sites (tertiary alicyclic amines) is 1. The molecule has 0 radical (unpaired) electrons. The highest BCUT2D eigenvalue weighted by Gasteiger charge is 2.33. The molecule has 0 amide bonds. The summed E-state index contributed by atoms with van der Waals surface area (Å²) < 4.78 is 0. The molecular weight excluding hydrogens is 198 g/mol. The lowest BCUT2D eigenvalue weighted by molar-refractivity contribution is 0.0874. The summed E-state index contributed by atoms with van der Waals surface area (Å²) in [5.41, 5.74) is 0. The van der Waals surface area contributed by atoms with Gasteiger partial charge in [-0.1, -0.05) is 13.3 Å². The molecule has 2 fully saturated rings. The molecule has 3 unspecified atom stereocenters. The van der Waals surface area contributed by atoms with Gasteiger partial charge in [0.05, 0.1) is 0 Å². The molecule has 0 aromatic heterocycles. The molecule has 1 N–H and O–H groups in total. The van der Waals surface area contributed by atoms with Gasteiger partial charge in [0.15, 0.2) is 0 Å². The van der Waals surface area contributed by atoms with Crippen molar-refractivity contribution in [1.29, 1.82) is 0 Å². The van der Waals surface area contributed by atoms with E-state index in [-0.39, 0.29) is 0 Å². The third-order valence-corrected chi connectivity index (χ3v) is 4.53. The highest BCUT2D eigenvalue weighted by atomic mass is 15.2. The van der Waals surface area contributed by atoms with Crippen LogP contribution in [0.1, 0.15) is 26.2 Å². The number of nitrogens with zero attached hydrogens (tertiary/aromatic N) is 2. The molecule has 3 heteroatoms. The summed E-state index contributed by atoms with van der Waals surface area (Å²) in [7, 11) is 4.59. The lowest BCUT2D eigenvalue weighted by Gasteiger charge is -2.40. The fourth-order valence-electron chi connectivity index (χ4n) is 3.35. The molecule has 2 aliphatic rings. The molecule has 94 valence electrons. The number of nitrogens with one attached hydrogen (secondary N) is 1. The second-order valence-electron chi connectivity index (χ2n) is 5.62. The fourth-order valence-corrected chi connectivity index (χ4v) is 3.35. The summed E-state index contributed by atoms with van der Waals surface area (Å²) in [6, 6.07) is 1.54. The van der Waals surface area contributed by atoms with Crippen molar-refractivity contribution in [3.05, 3.63) is 0 Å². The molecule has 0 saturated carbocycles. The lowest BCUT2D eigenvalue weighted by Crippen LogP contribution is -2.51. The van der Waals surface area contributed by atoms with Crippen molar-refractivity contribution in [3.63, 3.8) is 0 Å². The molecule has 0 aromatic rings. The summed E-state index contributed by atoms with van der Waals surface area (Å²) in [5, 5.41) is 3.55. The van der Waals surface area contributed by atoms with Crippen LogP contribution in [0.25, 0.3) is 0 Å². The number of rotatable bonds is 3. The molecule has 3 nitrogen and oxygen atoms in total. The molecule has 0 aliphatic carbocycles. The summed E-state index contributed by atoms with van der Waals surface area (Å²) in [6.07, 6.45) is 4.06. The van der Waals surface area contributed by atoms with Crippen LogP contribution < -0.4 is 5.32 Å². The highest BCUT2D eigenvalue weighted by Crippen LogP contribution is 2.23. The smallest absolute Gasteiger partial charge is 0.0261 e. The molecule has 2 saturated heterocycles. The Bertz CT molecular complexity index is 219. The van der Waals surface area contributed by atoms with E-state index in [4.69, 9.17) is 0 Å². The lowest BCUT2D eigenvalue weighted by atomic mass is 9.96. The number of hydrogen-bond donors (Lipinski definition) is 1. The van der Waals surface area contributed by atoms with Crippen LogP contribution in [0, 0.1) is 5.92 Å². The van der Waals surface area contributed by atoms with Crippen LogP contribution in [-0.4, -0.2) is 62.2 Å². The Morgan fingerprint density at radius 1 is 1.38 bits per heavy atom. The second-order valence-corrected chi connectivity index (χ2v) is 5.62. The van der Waals surface area contributed by atoms with Crippen molar-refractivity contribution in [1.82, 2.24) is 15.1 Å². The van der Waals surface area contributed by atoms with Crippen molar-refractivity contribution in [2.75, 3.05) is 40.3 Å². The van der Waals surface area contributed by atoms with E-state index in [1.165, 1.54) is 45.4 Å².